The molecule has 15 aromatic rings. The van der Waals surface area contributed by atoms with Crippen molar-refractivity contribution in [3.05, 3.63) is 317 Å². The number of anilines is 3. The van der Waals surface area contributed by atoms with Gasteiger partial charge in [0, 0.05) is 125 Å². The first-order chi connectivity index (χ1) is 68.9. The van der Waals surface area contributed by atoms with E-state index in [0.29, 0.717) is 160 Å². The van der Waals surface area contributed by atoms with Crippen LogP contribution in [0.5, 0.6) is 0 Å². The Bertz CT molecular complexity index is 7530. The summed E-state index contributed by atoms with van der Waals surface area (Å²) in [6.45, 7) is 33.0. The van der Waals surface area contributed by atoms with Crippen LogP contribution in [0.3, 0.4) is 0 Å². The van der Waals surface area contributed by atoms with Crippen molar-refractivity contribution < 1.29 is 40.7 Å². The fraction of sp³-hybridized carbons (Fsp3) is 0.327. The number of amides is 3. The molecule has 6 aromatic carbocycles. The zero-order chi connectivity index (χ0) is 100. The van der Waals surface area contributed by atoms with Gasteiger partial charge >= 0.3 is 17.1 Å². The quantitative estimate of drug-likeness (QED) is 0.0957. The van der Waals surface area contributed by atoms with E-state index in [4.69, 9.17) is 15.0 Å². The van der Waals surface area contributed by atoms with E-state index in [-0.39, 0.29) is 141 Å². The number of fused-ring (bicyclic) bond motifs is 21. The Morgan fingerprint density at radius 1 is 0.357 bits per heavy atom. The van der Waals surface area contributed by atoms with Gasteiger partial charge in [-0.05, 0) is 188 Å². The van der Waals surface area contributed by atoms with Gasteiger partial charge in [-0.15, -0.1) is 15.3 Å². The number of benzene rings is 6. The maximum absolute atomic E-state index is 16.5. The van der Waals surface area contributed by atoms with Crippen molar-refractivity contribution in [2.75, 3.05) is 73.6 Å². The van der Waals surface area contributed by atoms with Gasteiger partial charge in [0.1, 0.15) is 69.4 Å². The molecule has 30 nitrogen and oxygen atoms in total. The minimum atomic E-state index is -0.756. The van der Waals surface area contributed by atoms with Crippen molar-refractivity contribution in [3.8, 4) is 50.8 Å². The molecular formula is C107H106F6N24O6. The van der Waals surface area contributed by atoms with E-state index < -0.39 is 52.0 Å². The third kappa shape index (κ3) is 18.4. The summed E-state index contributed by atoms with van der Waals surface area (Å²) in [7, 11) is 0. The van der Waals surface area contributed by atoms with Crippen molar-refractivity contribution in [3.63, 3.8) is 0 Å². The Hall–Kier alpha value is -15.8. The largest absolute Gasteiger partial charge is 0.355 e. The van der Waals surface area contributed by atoms with Gasteiger partial charge in [0.25, 0.3) is 0 Å². The van der Waals surface area contributed by atoms with Gasteiger partial charge in [-0.2, -0.15) is 15.0 Å². The van der Waals surface area contributed by atoms with Crippen molar-refractivity contribution in [1.29, 1.82) is 0 Å². The molecule has 3 atom stereocenters. The van der Waals surface area contributed by atoms with Crippen LogP contribution in [0.15, 0.2) is 198 Å². The van der Waals surface area contributed by atoms with Gasteiger partial charge in [0.05, 0.1) is 63.4 Å². The zero-order valence-corrected chi connectivity index (χ0v) is 80.8. The first-order valence-corrected chi connectivity index (χ1v) is 48.2. The molecule has 21 rings (SSSR count). The molecule has 6 aliphatic heterocycles. The summed E-state index contributed by atoms with van der Waals surface area (Å²) in [5, 5.41) is 26.7. The van der Waals surface area contributed by atoms with E-state index >= 15 is 26.3 Å². The summed E-state index contributed by atoms with van der Waals surface area (Å²) in [6, 6.07) is 34.6. The predicted octanol–water partition coefficient (Wildman–Crippen LogP) is 15.2. The molecule has 3 saturated heterocycles. The molecule has 15 heterocycles. The van der Waals surface area contributed by atoms with Crippen LogP contribution in [0.4, 0.5) is 43.8 Å². The maximum atomic E-state index is 16.5. The van der Waals surface area contributed by atoms with Crippen LogP contribution in [-0.2, 0) is 72.5 Å². The van der Waals surface area contributed by atoms with Crippen molar-refractivity contribution in [2.45, 2.75) is 169 Å². The minimum absolute atomic E-state index is 0.000899. The highest BCUT2D eigenvalue weighted by Crippen LogP contribution is 2.43. The van der Waals surface area contributed by atoms with E-state index in [9.17, 15) is 28.8 Å². The number of hydrogen-bond acceptors (Lipinski definition) is 21. The van der Waals surface area contributed by atoms with Crippen LogP contribution in [0.25, 0.3) is 83.9 Å². The topological polar surface area (TPSA) is 306 Å². The highest BCUT2D eigenvalue weighted by Gasteiger charge is 2.38. The van der Waals surface area contributed by atoms with E-state index in [1.165, 1.54) is 68.3 Å². The predicted molar refractivity (Wildman–Crippen MR) is 533 cm³/mol. The molecule has 3 amide bonds. The lowest BCUT2D eigenvalue weighted by atomic mass is 9.94. The summed E-state index contributed by atoms with van der Waals surface area (Å²) >= 11 is 0. The molecule has 9 aromatic heterocycles. The number of rotatable bonds is 9. The van der Waals surface area contributed by atoms with Gasteiger partial charge in [0.15, 0.2) is 16.9 Å². The lowest BCUT2D eigenvalue weighted by Gasteiger charge is -2.40. The molecule has 36 heteroatoms. The Morgan fingerprint density at radius 2 is 0.678 bits per heavy atom. The van der Waals surface area contributed by atoms with Gasteiger partial charge in [-0.3, -0.25) is 19.1 Å². The zero-order valence-electron chi connectivity index (χ0n) is 80.8. The van der Waals surface area contributed by atoms with E-state index in [1.54, 1.807) is 71.3 Å². The molecule has 732 valence electrons. The van der Waals surface area contributed by atoms with E-state index in [0.717, 1.165) is 51.2 Å². The molecule has 0 saturated carbocycles. The summed E-state index contributed by atoms with van der Waals surface area (Å²) < 4.78 is 106. The third-order valence-corrected chi connectivity index (χ3v) is 27.7. The highest BCUT2D eigenvalue weighted by atomic mass is 19.1. The normalized spacial score (nSPS) is 16.4. The number of carbonyl (C=O) groups excluding carboxylic acids is 3. The van der Waals surface area contributed by atoms with E-state index in [1.807, 2.05) is 144 Å². The fourth-order valence-corrected chi connectivity index (χ4v) is 20.8. The molecule has 6 aliphatic rings. The van der Waals surface area contributed by atoms with Crippen LogP contribution in [-0.4, -0.2) is 198 Å². The van der Waals surface area contributed by atoms with Gasteiger partial charge in [-0.1, -0.05) is 168 Å². The molecule has 3 fully saturated rings. The molecular weight excluding hydrogens is 1830 g/mol. The van der Waals surface area contributed by atoms with Crippen LogP contribution < -0.4 is 31.8 Å². The second kappa shape index (κ2) is 39.7. The van der Waals surface area contributed by atoms with Gasteiger partial charge in [0.2, 0.25) is 17.7 Å². The van der Waals surface area contributed by atoms with E-state index in [2.05, 4.69) is 65.6 Å². The second-order valence-corrected chi connectivity index (χ2v) is 38.1. The summed E-state index contributed by atoms with van der Waals surface area (Å²) in [5.41, 5.74) is 8.98. The highest BCUT2D eigenvalue weighted by molar-refractivity contribution is 5.95. The number of aromatic nitrogens is 18. The Morgan fingerprint density at radius 3 is 1.05 bits per heavy atom. The monoisotopic (exact) mass is 1940 g/mol. The Kier molecular flexibility index (Phi) is 26.7. The van der Waals surface area contributed by atoms with Crippen molar-refractivity contribution in [2.24, 2.45) is 0 Å². The first kappa shape index (κ1) is 96.1. The smallest absolute Gasteiger partial charge is 0.350 e. The molecule has 0 radical (unpaired) electrons. The van der Waals surface area contributed by atoms with Crippen LogP contribution >= 0.6 is 0 Å². The number of nitrogens with zero attached hydrogens (tertiary/aromatic N) is 24. The number of piperazine rings is 3. The van der Waals surface area contributed by atoms with Crippen LogP contribution in [0.2, 0.25) is 0 Å². The van der Waals surface area contributed by atoms with Crippen LogP contribution in [0.1, 0.15) is 160 Å². The standard InChI is InChI=1S/2C36H36F2N8O2.C35H34F2N8O2/c1-5-30(47)43-15-16-45(22(4)19-43)34-27-18-29(38)32-31-24(10-7-13-28(31)37)17-25-20-44(42-41-25)14-8-11-23-9-6-12-26(21(2)3)33(23)46(35(27)39-32)36(48)40-34;1-5-30(47)43-15-16-45(22(4)18-43)34-27-17-29(38)32-31-24(11-8-14-28(31)37)19-44-20-25(41-42-44)12-6-9-23-10-7-13-26(21(2)3)33(23)46(35(27)39-32)36(48)40-34;1-5-29(46)42-14-15-44(21(4)17-42)33-26-16-28(37)31-30-23(9-7-11-27(30)36)18-43-19-24(40-41-43)13-12-22-8-6-10-25(20(2)3)32(22)45(34(26)38-31)35(47)39-33/h5-7,9-10,12-13,18,20-22H,1,8,11,14-17,19H2,2-4H3;5,7-8,10-11,13-14,17,20-22H,1,6,9,12,15-16,18-19H2,2-4H3;5-11,16,19-21H,1,12-15,17-18H2,2-4H3/t2*22-;21-/m000/s1. The number of aryl methyl sites for hydroxylation is 6. The molecule has 0 spiro atoms. The fourth-order valence-electron chi connectivity index (χ4n) is 20.8. The molecule has 0 N–H and O–H groups in total. The molecule has 0 unspecified atom stereocenters. The first-order valence-electron chi connectivity index (χ1n) is 48.2. The van der Waals surface area contributed by atoms with Crippen LogP contribution in [0, 0.1) is 34.9 Å². The second-order valence-electron chi connectivity index (χ2n) is 38.1. The number of carbonyl (C=O) groups is 3. The summed E-state index contributed by atoms with van der Waals surface area (Å²) in [4.78, 5) is 119. The molecule has 143 heavy (non-hydrogen) atoms. The van der Waals surface area contributed by atoms with Crippen molar-refractivity contribution in [1.82, 2.24) is 103 Å². The third-order valence-electron chi connectivity index (χ3n) is 27.7. The number of para-hydroxylation sites is 3. The maximum Gasteiger partial charge on any atom is 0.355 e. The van der Waals surface area contributed by atoms with Gasteiger partial charge < -0.3 is 29.4 Å². The number of pyridine rings is 3. The molecule has 12 bridgehead atoms. The minimum Gasteiger partial charge on any atom is -0.350 e. The lowest BCUT2D eigenvalue weighted by Crippen LogP contribution is -2.54. The summed E-state index contributed by atoms with van der Waals surface area (Å²) in [5.74, 6) is -3.88. The average molecular weight is 1940 g/mol. The Labute approximate surface area is 819 Å². The number of hydrogen-bond donors (Lipinski definition) is 0. The SMILES string of the molecule is C=CC(=O)N1CCN(c2nc(=O)n3c4nc(c(F)cc24)-c2c(F)cccc2Cc2cn(nn2)CCCc2cccc(C(C)C)c2-3)[C@@H](C)C1.C=CC(=O)N1CCN(c2nc(=O)n3c4nc(c(F)cc24)-c2c(F)cccc2Cn2cc(nn2)CCCc2cccc(C(C)C)c2-3)[C@@H](C)C1.C=CC(=O)N1CCN(c2nc(=O)n3c4nc(c(F)cc24)-c2c(F)cccc2Cn2cc(nn2)CCc2cccc(C(C)C)c2-3)[C@@H](C)C1. The van der Waals surface area contributed by atoms with Crippen molar-refractivity contribution >= 4 is 68.3 Å². The summed E-state index contributed by atoms with van der Waals surface area (Å²) in [6.07, 6.45) is 13.9. The number of halogens is 6. The Balaban J connectivity index is 0.000000136. The average Bonchev–Trinajstić information content (AvgIpc) is 1.73. The van der Waals surface area contributed by atoms with Gasteiger partial charge in [-0.25, -0.2) is 78.7 Å². The molecule has 0 aliphatic carbocycles. The lowest BCUT2D eigenvalue weighted by molar-refractivity contribution is -0.127.